The normalized spacial score (nSPS) is 17.5. The summed E-state index contributed by atoms with van der Waals surface area (Å²) in [4.78, 5) is 17.3. The fourth-order valence-electron chi connectivity index (χ4n) is 2.40. The quantitative estimate of drug-likeness (QED) is 0.781. The van der Waals surface area contributed by atoms with Gasteiger partial charge >= 0.3 is 0 Å². The zero-order valence-corrected chi connectivity index (χ0v) is 12.6. The Balaban J connectivity index is 1.85. The van der Waals surface area contributed by atoms with Gasteiger partial charge in [-0.1, -0.05) is 0 Å². The Kier molecular flexibility index (Phi) is 3.83. The Labute approximate surface area is 130 Å². The molecule has 1 unspecified atom stereocenters. The highest BCUT2D eigenvalue weighted by Crippen LogP contribution is 2.34. The second-order valence-electron chi connectivity index (χ2n) is 5.08. The molecule has 1 atom stereocenters. The third-order valence-electron chi connectivity index (χ3n) is 3.59. The van der Waals surface area contributed by atoms with Gasteiger partial charge in [0.15, 0.2) is 0 Å². The van der Waals surface area contributed by atoms with Crippen molar-refractivity contribution in [3.05, 3.63) is 16.5 Å². The van der Waals surface area contributed by atoms with Gasteiger partial charge in [0.2, 0.25) is 0 Å². The predicted octanol–water partition coefficient (Wildman–Crippen LogP) is 1.24. The lowest BCUT2D eigenvalue weighted by Crippen LogP contribution is -2.31. The Bertz CT molecular complexity index is 774. The number of carbonyl (C=O) groups excluding carboxylic acids is 1. The molecule has 1 saturated heterocycles. The number of hydrogen-bond acceptors (Lipinski definition) is 7. The third-order valence-corrected chi connectivity index (χ3v) is 4.71. The van der Waals surface area contributed by atoms with E-state index < -0.39 is 0 Å². The standard InChI is InChI=1S/C14H15N5O2S/c15-5-7-4-9-10(16)11(22-14(9)19-12(7)17)13(20)18-6-8-2-1-3-21-8/h4,8H,1-3,6,16H2,(H2,17,19)(H,18,20). The zero-order valence-electron chi connectivity index (χ0n) is 11.8. The minimum absolute atomic E-state index is 0.0681. The lowest BCUT2D eigenvalue weighted by atomic mass is 10.2. The number of carbonyl (C=O) groups is 1. The highest BCUT2D eigenvalue weighted by molar-refractivity contribution is 7.21. The highest BCUT2D eigenvalue weighted by Gasteiger charge is 2.21. The molecule has 3 rings (SSSR count). The number of nitrogens with one attached hydrogen (secondary N) is 1. The summed E-state index contributed by atoms with van der Waals surface area (Å²) in [5.41, 5.74) is 12.3. The van der Waals surface area contributed by atoms with Crippen LogP contribution in [0.3, 0.4) is 0 Å². The topological polar surface area (TPSA) is 127 Å². The SMILES string of the molecule is N#Cc1cc2c(N)c(C(=O)NCC3CCCO3)sc2nc1N. The van der Waals surface area contributed by atoms with Gasteiger partial charge < -0.3 is 21.5 Å². The lowest BCUT2D eigenvalue weighted by molar-refractivity contribution is 0.0862. The van der Waals surface area contributed by atoms with Crippen molar-refractivity contribution in [1.29, 1.82) is 5.26 Å². The first kappa shape index (κ1) is 14.6. The van der Waals surface area contributed by atoms with E-state index in [0.29, 0.717) is 27.3 Å². The van der Waals surface area contributed by atoms with Gasteiger partial charge in [-0.2, -0.15) is 5.26 Å². The first-order chi connectivity index (χ1) is 10.6. The molecule has 0 aliphatic carbocycles. The summed E-state index contributed by atoms with van der Waals surface area (Å²) < 4.78 is 5.47. The molecule has 0 aromatic carbocycles. The van der Waals surface area contributed by atoms with Crippen molar-refractivity contribution < 1.29 is 9.53 Å². The Morgan fingerprint density at radius 3 is 3.09 bits per heavy atom. The van der Waals surface area contributed by atoms with E-state index in [-0.39, 0.29) is 23.4 Å². The van der Waals surface area contributed by atoms with Gasteiger partial charge in [-0.05, 0) is 18.9 Å². The number of aromatic nitrogens is 1. The number of nitrogen functional groups attached to an aromatic ring is 2. The number of nitrogens with two attached hydrogens (primary N) is 2. The summed E-state index contributed by atoms with van der Waals surface area (Å²) in [6.45, 7) is 1.21. The molecule has 0 spiro atoms. The minimum Gasteiger partial charge on any atom is -0.397 e. The molecule has 5 N–H and O–H groups in total. The second kappa shape index (κ2) is 5.79. The van der Waals surface area contributed by atoms with Crippen molar-refractivity contribution in [3.63, 3.8) is 0 Å². The number of anilines is 2. The van der Waals surface area contributed by atoms with Crippen molar-refractivity contribution in [2.75, 3.05) is 24.6 Å². The van der Waals surface area contributed by atoms with Crippen molar-refractivity contribution in [1.82, 2.24) is 10.3 Å². The van der Waals surface area contributed by atoms with E-state index in [2.05, 4.69) is 10.3 Å². The van der Waals surface area contributed by atoms with Crippen LogP contribution in [-0.4, -0.2) is 30.1 Å². The van der Waals surface area contributed by atoms with Crippen LogP contribution in [-0.2, 0) is 4.74 Å². The maximum Gasteiger partial charge on any atom is 0.263 e. The van der Waals surface area contributed by atoms with Gasteiger partial charge in [0.1, 0.15) is 21.6 Å². The molecule has 2 aromatic heterocycles. The van der Waals surface area contributed by atoms with Gasteiger partial charge in [-0.3, -0.25) is 4.79 Å². The Morgan fingerprint density at radius 1 is 1.59 bits per heavy atom. The van der Waals surface area contributed by atoms with Crippen LogP contribution < -0.4 is 16.8 Å². The van der Waals surface area contributed by atoms with Crippen LogP contribution in [0.2, 0.25) is 0 Å². The number of rotatable bonds is 3. The van der Waals surface area contributed by atoms with E-state index >= 15 is 0 Å². The molecule has 114 valence electrons. The molecule has 8 heteroatoms. The van der Waals surface area contributed by atoms with Crippen molar-refractivity contribution in [3.8, 4) is 6.07 Å². The van der Waals surface area contributed by atoms with E-state index in [1.54, 1.807) is 6.07 Å². The molecule has 1 amide bonds. The van der Waals surface area contributed by atoms with E-state index in [9.17, 15) is 4.79 Å². The van der Waals surface area contributed by atoms with Crippen LogP contribution in [0.15, 0.2) is 6.07 Å². The van der Waals surface area contributed by atoms with Crippen LogP contribution in [0, 0.1) is 11.3 Å². The Morgan fingerprint density at radius 2 is 2.41 bits per heavy atom. The first-order valence-electron chi connectivity index (χ1n) is 6.88. The average molecular weight is 317 g/mol. The van der Waals surface area contributed by atoms with E-state index in [4.69, 9.17) is 21.5 Å². The first-order valence-corrected chi connectivity index (χ1v) is 7.70. The molecule has 0 saturated carbocycles. The number of amides is 1. The zero-order chi connectivity index (χ0) is 15.7. The van der Waals surface area contributed by atoms with Gasteiger partial charge in [0, 0.05) is 18.5 Å². The van der Waals surface area contributed by atoms with Gasteiger partial charge in [0.05, 0.1) is 17.4 Å². The number of hydrogen-bond donors (Lipinski definition) is 3. The summed E-state index contributed by atoms with van der Waals surface area (Å²) in [5.74, 6) is -0.115. The number of thiophene rings is 1. The summed E-state index contributed by atoms with van der Waals surface area (Å²) >= 11 is 1.17. The van der Waals surface area contributed by atoms with Gasteiger partial charge in [-0.25, -0.2) is 4.98 Å². The van der Waals surface area contributed by atoms with E-state index in [1.807, 2.05) is 6.07 Å². The molecule has 0 bridgehead atoms. The van der Waals surface area contributed by atoms with Crippen molar-refractivity contribution in [2.24, 2.45) is 0 Å². The number of nitriles is 1. The van der Waals surface area contributed by atoms with Crippen LogP contribution in [0.5, 0.6) is 0 Å². The average Bonchev–Trinajstić information content (AvgIpc) is 3.12. The fraction of sp³-hybridized carbons (Fsp3) is 0.357. The van der Waals surface area contributed by atoms with Crippen LogP contribution in [0.25, 0.3) is 10.2 Å². The molecule has 7 nitrogen and oxygen atoms in total. The molecule has 1 fully saturated rings. The third kappa shape index (κ3) is 2.56. The molecule has 2 aromatic rings. The van der Waals surface area contributed by atoms with E-state index in [0.717, 1.165) is 19.4 Å². The smallest absolute Gasteiger partial charge is 0.263 e. The van der Waals surface area contributed by atoms with Crippen molar-refractivity contribution >= 4 is 39.0 Å². The monoisotopic (exact) mass is 317 g/mol. The number of pyridine rings is 1. The molecule has 0 radical (unpaired) electrons. The maximum atomic E-state index is 12.3. The van der Waals surface area contributed by atoms with E-state index in [1.165, 1.54) is 11.3 Å². The number of ether oxygens (including phenoxy) is 1. The highest BCUT2D eigenvalue weighted by atomic mass is 32.1. The lowest BCUT2D eigenvalue weighted by Gasteiger charge is -2.10. The summed E-state index contributed by atoms with van der Waals surface area (Å²) in [5, 5.41) is 12.4. The summed E-state index contributed by atoms with van der Waals surface area (Å²) in [6.07, 6.45) is 2.04. The fourth-order valence-corrected chi connectivity index (χ4v) is 3.41. The summed E-state index contributed by atoms with van der Waals surface area (Å²) in [6, 6.07) is 3.53. The van der Waals surface area contributed by atoms with Crippen LogP contribution in [0.4, 0.5) is 11.5 Å². The molecular formula is C14H15N5O2S. The molecule has 3 heterocycles. The number of nitrogens with zero attached hydrogens (tertiary/aromatic N) is 2. The van der Waals surface area contributed by atoms with Crippen molar-refractivity contribution in [2.45, 2.75) is 18.9 Å². The van der Waals surface area contributed by atoms with Crippen LogP contribution in [0.1, 0.15) is 28.1 Å². The predicted molar refractivity (Wildman–Crippen MR) is 84.5 cm³/mol. The van der Waals surface area contributed by atoms with Gasteiger partial charge in [0.25, 0.3) is 5.91 Å². The maximum absolute atomic E-state index is 12.3. The minimum atomic E-state index is -0.256. The molecule has 22 heavy (non-hydrogen) atoms. The molecule has 1 aliphatic rings. The molecule has 1 aliphatic heterocycles. The number of fused-ring (bicyclic) bond motifs is 1. The Hall–Kier alpha value is -2.37. The van der Waals surface area contributed by atoms with Gasteiger partial charge in [-0.15, -0.1) is 11.3 Å². The molecular weight excluding hydrogens is 302 g/mol. The summed E-state index contributed by atoms with van der Waals surface area (Å²) in [7, 11) is 0. The second-order valence-corrected chi connectivity index (χ2v) is 6.07. The van der Waals surface area contributed by atoms with Crippen LogP contribution >= 0.6 is 11.3 Å². The largest absolute Gasteiger partial charge is 0.397 e.